The van der Waals surface area contributed by atoms with Crippen LogP contribution in [0.2, 0.25) is 5.02 Å². The van der Waals surface area contributed by atoms with Gasteiger partial charge in [-0.15, -0.1) is 0 Å². The fourth-order valence-corrected chi connectivity index (χ4v) is 3.18. The van der Waals surface area contributed by atoms with E-state index in [1.807, 2.05) is 12.3 Å². The van der Waals surface area contributed by atoms with Crippen LogP contribution in [0, 0.1) is 0 Å². The topological polar surface area (TPSA) is 151 Å². The van der Waals surface area contributed by atoms with Gasteiger partial charge in [-0.2, -0.15) is 0 Å². The number of aromatic amines is 1. The molecular weight excluding hydrogens is 396 g/mol. The van der Waals surface area contributed by atoms with Crippen LogP contribution in [0.25, 0.3) is 11.0 Å². The van der Waals surface area contributed by atoms with Crippen molar-refractivity contribution in [2.24, 2.45) is 11.5 Å². The zero-order chi connectivity index (χ0) is 21.0. The van der Waals surface area contributed by atoms with Crippen molar-refractivity contribution in [2.75, 3.05) is 18.0 Å². The third-order valence-electron chi connectivity index (χ3n) is 4.84. The number of nitrogens with one attached hydrogen (secondary N) is 1. The van der Waals surface area contributed by atoms with Crippen molar-refractivity contribution >= 4 is 40.3 Å². The van der Waals surface area contributed by atoms with Crippen LogP contribution in [0.1, 0.15) is 23.2 Å². The number of amides is 1. The number of hydrogen-bond donors (Lipinski definition) is 4. The number of piperidine rings is 1. The van der Waals surface area contributed by atoms with Crippen molar-refractivity contribution in [1.82, 2.24) is 15.0 Å². The maximum Gasteiger partial charge on any atom is 0.323 e. The molecule has 0 saturated carbocycles. The van der Waals surface area contributed by atoms with Gasteiger partial charge in [0.25, 0.3) is 0 Å². The van der Waals surface area contributed by atoms with E-state index in [-0.39, 0.29) is 0 Å². The molecule has 0 radical (unpaired) electrons. The van der Waals surface area contributed by atoms with E-state index in [9.17, 15) is 9.59 Å². The number of carbonyl (C=O) groups is 2. The standard InChI is InChI=1S/C12H15N5O2.C7H6ClNO/c13-12(11(18)19)2-5-17(6-3-12)10-8-1-4-14-9(8)15-7-16-10;8-6-3-1-5(2-4-6)7(9)10/h1,4,7H,2-3,5-6,13H2,(H,18,19)(H,14,15,16);1-4H,(H2,9,10). The van der Waals surface area contributed by atoms with Gasteiger partial charge in [0.2, 0.25) is 5.91 Å². The third-order valence-corrected chi connectivity index (χ3v) is 5.09. The first-order valence-corrected chi connectivity index (χ1v) is 9.28. The normalized spacial score (nSPS) is 15.4. The van der Waals surface area contributed by atoms with Crippen LogP contribution in [0.5, 0.6) is 0 Å². The Morgan fingerprint density at radius 3 is 2.38 bits per heavy atom. The van der Waals surface area contributed by atoms with Crippen molar-refractivity contribution < 1.29 is 14.7 Å². The molecule has 0 spiro atoms. The van der Waals surface area contributed by atoms with Gasteiger partial charge in [-0.3, -0.25) is 9.59 Å². The van der Waals surface area contributed by atoms with E-state index in [1.165, 1.54) is 6.33 Å². The van der Waals surface area contributed by atoms with Gasteiger partial charge in [0.15, 0.2) is 0 Å². The molecule has 4 rings (SSSR count). The summed E-state index contributed by atoms with van der Waals surface area (Å²) >= 11 is 5.56. The molecule has 6 N–H and O–H groups in total. The van der Waals surface area contributed by atoms with Gasteiger partial charge in [-0.25, -0.2) is 9.97 Å². The molecule has 152 valence electrons. The lowest BCUT2D eigenvalue weighted by atomic mass is 9.89. The molecule has 1 amide bonds. The van der Waals surface area contributed by atoms with Crippen molar-refractivity contribution in [3.05, 3.63) is 53.4 Å². The number of primary amides is 1. The van der Waals surface area contributed by atoms with Crippen LogP contribution >= 0.6 is 11.6 Å². The molecule has 1 aromatic carbocycles. The number of fused-ring (bicyclic) bond motifs is 1. The number of nitrogens with zero attached hydrogens (tertiary/aromatic N) is 3. The minimum Gasteiger partial charge on any atom is -0.480 e. The molecule has 1 aliphatic heterocycles. The Morgan fingerprint density at radius 2 is 1.79 bits per heavy atom. The lowest BCUT2D eigenvalue weighted by molar-refractivity contribution is -0.144. The fourth-order valence-electron chi connectivity index (χ4n) is 3.06. The van der Waals surface area contributed by atoms with E-state index in [1.54, 1.807) is 24.3 Å². The van der Waals surface area contributed by atoms with E-state index in [0.717, 1.165) is 16.9 Å². The summed E-state index contributed by atoms with van der Waals surface area (Å²) in [6, 6.07) is 8.35. The summed E-state index contributed by atoms with van der Waals surface area (Å²) in [5.74, 6) is -0.531. The number of H-pyrrole nitrogens is 1. The minimum atomic E-state index is -1.11. The molecule has 3 heterocycles. The van der Waals surface area contributed by atoms with Crippen LogP contribution in [0.15, 0.2) is 42.9 Å². The molecule has 1 saturated heterocycles. The molecule has 0 atom stereocenters. The average molecular weight is 417 g/mol. The van der Waals surface area contributed by atoms with E-state index in [4.69, 9.17) is 28.2 Å². The molecule has 0 unspecified atom stereocenters. The maximum absolute atomic E-state index is 11.1. The quantitative estimate of drug-likeness (QED) is 0.507. The summed E-state index contributed by atoms with van der Waals surface area (Å²) in [5, 5.41) is 10.7. The highest BCUT2D eigenvalue weighted by Gasteiger charge is 2.38. The molecular formula is C19H21ClN6O3. The molecule has 9 nitrogen and oxygen atoms in total. The smallest absolute Gasteiger partial charge is 0.323 e. The maximum atomic E-state index is 11.1. The SMILES string of the molecule is NC(=O)c1ccc(Cl)cc1.NC1(C(=O)O)CCN(c2ncnc3[nH]ccc23)CC1. The van der Waals surface area contributed by atoms with Crippen LogP contribution in [0.3, 0.4) is 0 Å². The highest BCUT2D eigenvalue weighted by atomic mass is 35.5. The fraction of sp³-hybridized carbons (Fsp3) is 0.263. The Hall–Kier alpha value is -3.17. The number of aliphatic carboxylic acids is 1. The number of hydrogen-bond acceptors (Lipinski definition) is 6. The summed E-state index contributed by atoms with van der Waals surface area (Å²) in [6.07, 6.45) is 4.16. The lowest BCUT2D eigenvalue weighted by Crippen LogP contribution is -2.55. The lowest BCUT2D eigenvalue weighted by Gasteiger charge is -2.36. The van der Waals surface area contributed by atoms with Crippen LogP contribution in [-0.4, -0.2) is 50.6 Å². The van der Waals surface area contributed by atoms with Crippen LogP contribution < -0.4 is 16.4 Å². The molecule has 29 heavy (non-hydrogen) atoms. The highest BCUT2D eigenvalue weighted by Crippen LogP contribution is 2.27. The van der Waals surface area contributed by atoms with Crippen molar-refractivity contribution in [3.8, 4) is 0 Å². The highest BCUT2D eigenvalue weighted by molar-refractivity contribution is 6.30. The Labute approximate surface area is 171 Å². The number of halogens is 1. The first kappa shape index (κ1) is 20.6. The predicted molar refractivity (Wildman–Crippen MR) is 110 cm³/mol. The second-order valence-corrected chi connectivity index (χ2v) is 7.19. The number of aromatic nitrogens is 3. The number of carbonyl (C=O) groups excluding carboxylic acids is 1. The molecule has 1 aliphatic rings. The molecule has 0 aliphatic carbocycles. The second kappa shape index (κ2) is 8.46. The number of carboxylic acids is 1. The van der Waals surface area contributed by atoms with Gasteiger partial charge in [0, 0.05) is 29.9 Å². The van der Waals surface area contributed by atoms with Crippen molar-refractivity contribution in [1.29, 1.82) is 0 Å². The van der Waals surface area contributed by atoms with Gasteiger partial charge in [0.1, 0.15) is 23.3 Å². The van der Waals surface area contributed by atoms with Gasteiger partial charge in [-0.05, 0) is 43.2 Å². The largest absolute Gasteiger partial charge is 0.480 e. The Kier molecular flexibility index (Phi) is 6.00. The Bertz CT molecular complexity index is 1010. The number of benzene rings is 1. The first-order valence-electron chi connectivity index (χ1n) is 8.91. The summed E-state index contributed by atoms with van der Waals surface area (Å²) < 4.78 is 0. The summed E-state index contributed by atoms with van der Waals surface area (Å²) in [7, 11) is 0. The van der Waals surface area contributed by atoms with E-state index >= 15 is 0 Å². The predicted octanol–water partition coefficient (Wildman–Crippen LogP) is 1.78. The average Bonchev–Trinajstić information content (AvgIpc) is 3.18. The molecule has 10 heteroatoms. The van der Waals surface area contributed by atoms with E-state index in [0.29, 0.717) is 36.5 Å². The number of nitrogens with two attached hydrogens (primary N) is 2. The van der Waals surface area contributed by atoms with Gasteiger partial charge >= 0.3 is 5.97 Å². The van der Waals surface area contributed by atoms with Crippen LogP contribution in [-0.2, 0) is 4.79 Å². The minimum absolute atomic E-state index is 0.415. The summed E-state index contributed by atoms with van der Waals surface area (Å²) in [4.78, 5) is 35.1. The van der Waals surface area contributed by atoms with Gasteiger partial charge < -0.3 is 26.5 Å². The van der Waals surface area contributed by atoms with E-state index < -0.39 is 17.4 Å². The number of carboxylic acid groups (broad SMARTS) is 1. The molecule has 0 bridgehead atoms. The van der Waals surface area contributed by atoms with Crippen LogP contribution in [0.4, 0.5) is 5.82 Å². The first-order chi connectivity index (χ1) is 13.8. The monoisotopic (exact) mass is 416 g/mol. The zero-order valence-corrected chi connectivity index (χ0v) is 16.3. The number of rotatable bonds is 3. The summed E-state index contributed by atoms with van der Waals surface area (Å²) in [6.45, 7) is 1.17. The number of anilines is 1. The Morgan fingerprint density at radius 1 is 1.14 bits per heavy atom. The molecule has 2 aromatic heterocycles. The zero-order valence-electron chi connectivity index (χ0n) is 15.5. The molecule has 1 fully saturated rings. The Balaban J connectivity index is 0.000000204. The van der Waals surface area contributed by atoms with Gasteiger partial charge in [-0.1, -0.05) is 11.6 Å². The molecule has 3 aromatic rings. The van der Waals surface area contributed by atoms with Crippen molar-refractivity contribution in [2.45, 2.75) is 18.4 Å². The second-order valence-electron chi connectivity index (χ2n) is 6.76. The third kappa shape index (κ3) is 4.64. The van der Waals surface area contributed by atoms with E-state index in [2.05, 4.69) is 19.9 Å². The van der Waals surface area contributed by atoms with Gasteiger partial charge in [0.05, 0.1) is 5.39 Å². The summed E-state index contributed by atoms with van der Waals surface area (Å²) in [5.41, 5.74) is 11.0. The van der Waals surface area contributed by atoms with Crippen molar-refractivity contribution in [3.63, 3.8) is 0 Å².